The zero-order valence-electron chi connectivity index (χ0n) is 6.34. The number of hydrogen-bond acceptors (Lipinski definition) is 3. The molecule has 70 valence electrons. The Hall–Kier alpha value is -1.33. The molecule has 0 unspecified atom stereocenters. The quantitative estimate of drug-likeness (QED) is 0.360. The number of nitrogens with one attached hydrogen (secondary N) is 1. The molecule has 0 aliphatic rings. The van der Waals surface area contributed by atoms with Gasteiger partial charge in [0.15, 0.2) is 11.6 Å². The summed E-state index contributed by atoms with van der Waals surface area (Å²) < 4.78 is 12.8. The van der Waals surface area contributed by atoms with Gasteiger partial charge < -0.3 is 5.11 Å². The van der Waals surface area contributed by atoms with Crippen molar-refractivity contribution in [3.63, 3.8) is 0 Å². The maximum atomic E-state index is 12.8. The molecule has 0 saturated heterocycles. The van der Waals surface area contributed by atoms with Gasteiger partial charge in [-0.15, -0.1) is 0 Å². The van der Waals surface area contributed by atoms with E-state index in [2.05, 4.69) is 0 Å². The van der Waals surface area contributed by atoms with Crippen LogP contribution in [-0.2, 0) is 0 Å². The van der Waals surface area contributed by atoms with E-state index in [9.17, 15) is 9.18 Å². The zero-order valence-corrected chi connectivity index (χ0v) is 7.10. The summed E-state index contributed by atoms with van der Waals surface area (Å²) in [6.07, 6.45) is 0. The van der Waals surface area contributed by atoms with Gasteiger partial charge in [-0.25, -0.2) is 10.2 Å². The van der Waals surface area contributed by atoms with E-state index in [0.29, 0.717) is 0 Å². The summed E-state index contributed by atoms with van der Waals surface area (Å²) in [6.45, 7) is 0. The lowest BCUT2D eigenvalue weighted by molar-refractivity contribution is 0.0953. The number of aromatic hydroxyl groups is 1. The van der Waals surface area contributed by atoms with E-state index in [1.165, 1.54) is 0 Å². The molecule has 0 atom stereocenters. The smallest absolute Gasteiger partial charge is 0.265 e. The van der Waals surface area contributed by atoms with Crippen LogP contribution in [0.2, 0.25) is 5.02 Å². The van der Waals surface area contributed by atoms with E-state index in [1.54, 1.807) is 0 Å². The molecule has 0 heterocycles. The van der Waals surface area contributed by atoms with Gasteiger partial charge in [0.1, 0.15) is 0 Å². The van der Waals surface area contributed by atoms with Gasteiger partial charge in [-0.2, -0.15) is 0 Å². The highest BCUT2D eigenvalue weighted by molar-refractivity contribution is 6.32. The molecule has 0 fully saturated rings. The summed E-state index contributed by atoms with van der Waals surface area (Å²) in [5, 5.41) is 8.68. The number of nitrogen functional groups attached to an aromatic ring is 1. The van der Waals surface area contributed by atoms with Gasteiger partial charge in [-0.3, -0.25) is 10.2 Å². The van der Waals surface area contributed by atoms with E-state index in [-0.39, 0.29) is 10.6 Å². The molecule has 0 bridgehead atoms. The summed E-state index contributed by atoms with van der Waals surface area (Å²) in [5.74, 6) is 2.48. The predicted molar refractivity (Wildman–Crippen MR) is 44.7 cm³/mol. The molecular weight excluding hydrogens is 199 g/mol. The van der Waals surface area contributed by atoms with Crippen molar-refractivity contribution in [1.29, 1.82) is 0 Å². The molecule has 6 heteroatoms. The molecule has 4 nitrogen and oxygen atoms in total. The monoisotopic (exact) mass is 204 g/mol. The third kappa shape index (κ3) is 1.88. The van der Waals surface area contributed by atoms with E-state index < -0.39 is 17.5 Å². The number of nitrogens with two attached hydrogens (primary N) is 1. The Morgan fingerprint density at radius 3 is 2.69 bits per heavy atom. The largest absolute Gasteiger partial charge is 0.504 e. The van der Waals surface area contributed by atoms with Crippen LogP contribution >= 0.6 is 11.6 Å². The highest BCUT2D eigenvalue weighted by atomic mass is 35.5. The molecule has 1 rings (SSSR count). The van der Waals surface area contributed by atoms with Crippen LogP contribution in [0, 0.1) is 5.82 Å². The average Bonchev–Trinajstić information content (AvgIpc) is 2.12. The van der Waals surface area contributed by atoms with Crippen LogP contribution in [0.3, 0.4) is 0 Å². The zero-order chi connectivity index (χ0) is 10.0. The van der Waals surface area contributed by atoms with Crippen molar-refractivity contribution in [3.8, 4) is 5.75 Å². The van der Waals surface area contributed by atoms with Crippen molar-refractivity contribution in [3.05, 3.63) is 28.5 Å². The van der Waals surface area contributed by atoms with Crippen molar-refractivity contribution in [2.24, 2.45) is 5.84 Å². The fourth-order valence-corrected chi connectivity index (χ4v) is 0.988. The van der Waals surface area contributed by atoms with Crippen molar-refractivity contribution in [2.45, 2.75) is 0 Å². The standard InChI is InChI=1S/C7H6ClFN2O2/c8-4-1-3(7(13)11-10)2-5(9)6(4)12/h1-2,12H,10H2,(H,11,13). The predicted octanol–water partition coefficient (Wildman–Crippen LogP) is 0.788. The Labute approximate surface area is 78.1 Å². The Balaban J connectivity index is 3.20. The maximum absolute atomic E-state index is 12.8. The van der Waals surface area contributed by atoms with Crippen LogP contribution in [0.4, 0.5) is 4.39 Å². The highest BCUT2D eigenvalue weighted by Gasteiger charge is 2.11. The first-order valence-electron chi connectivity index (χ1n) is 3.25. The molecule has 1 aromatic carbocycles. The molecule has 1 aromatic rings. The average molecular weight is 205 g/mol. The van der Waals surface area contributed by atoms with Crippen LogP contribution < -0.4 is 11.3 Å². The minimum atomic E-state index is -0.967. The second-order valence-electron chi connectivity index (χ2n) is 2.26. The van der Waals surface area contributed by atoms with Crippen molar-refractivity contribution >= 4 is 17.5 Å². The fourth-order valence-electron chi connectivity index (χ4n) is 0.780. The highest BCUT2D eigenvalue weighted by Crippen LogP contribution is 2.27. The molecule has 0 spiro atoms. The minimum Gasteiger partial charge on any atom is -0.504 e. The Bertz CT molecular complexity index is 333. The lowest BCUT2D eigenvalue weighted by atomic mass is 10.2. The lowest BCUT2D eigenvalue weighted by Gasteiger charge is -2.02. The number of halogens is 2. The first kappa shape index (κ1) is 9.76. The van der Waals surface area contributed by atoms with Crippen molar-refractivity contribution in [2.75, 3.05) is 0 Å². The topological polar surface area (TPSA) is 75.3 Å². The van der Waals surface area contributed by atoms with Crippen LogP contribution in [0.15, 0.2) is 12.1 Å². The van der Waals surface area contributed by atoms with Gasteiger partial charge in [0.25, 0.3) is 5.91 Å². The Kier molecular flexibility index (Phi) is 2.69. The molecule has 0 aromatic heterocycles. The summed E-state index contributed by atoms with van der Waals surface area (Å²) in [7, 11) is 0. The van der Waals surface area contributed by atoms with Crippen LogP contribution in [0.5, 0.6) is 5.75 Å². The summed E-state index contributed by atoms with van der Waals surface area (Å²) >= 11 is 5.41. The number of amides is 1. The van der Waals surface area contributed by atoms with Crippen LogP contribution in [0.25, 0.3) is 0 Å². The van der Waals surface area contributed by atoms with E-state index in [1.807, 2.05) is 5.43 Å². The Morgan fingerprint density at radius 2 is 2.23 bits per heavy atom. The second kappa shape index (κ2) is 3.59. The van der Waals surface area contributed by atoms with E-state index in [4.69, 9.17) is 22.6 Å². The van der Waals surface area contributed by atoms with Crippen LogP contribution in [0.1, 0.15) is 10.4 Å². The second-order valence-corrected chi connectivity index (χ2v) is 2.67. The number of hydrogen-bond donors (Lipinski definition) is 3. The first-order chi connectivity index (χ1) is 6.06. The van der Waals surface area contributed by atoms with Crippen LogP contribution in [-0.4, -0.2) is 11.0 Å². The molecule has 0 aliphatic heterocycles. The lowest BCUT2D eigenvalue weighted by Crippen LogP contribution is -2.30. The number of phenols is 1. The third-order valence-electron chi connectivity index (χ3n) is 1.41. The molecule has 0 saturated carbocycles. The molecule has 4 N–H and O–H groups in total. The number of benzene rings is 1. The van der Waals surface area contributed by atoms with Gasteiger partial charge in [0.2, 0.25) is 0 Å². The summed E-state index contributed by atoms with van der Waals surface area (Å²) in [5.41, 5.74) is 1.76. The normalized spacial score (nSPS) is 9.77. The minimum absolute atomic E-state index is 0.0530. The van der Waals surface area contributed by atoms with Crippen molar-refractivity contribution in [1.82, 2.24) is 5.43 Å². The Morgan fingerprint density at radius 1 is 1.62 bits per heavy atom. The van der Waals surface area contributed by atoms with Gasteiger partial charge in [0, 0.05) is 5.56 Å². The number of carbonyl (C=O) groups is 1. The molecule has 0 aliphatic carbocycles. The number of hydrazine groups is 1. The third-order valence-corrected chi connectivity index (χ3v) is 1.70. The summed E-state index contributed by atoms with van der Waals surface area (Å²) in [6, 6.07) is 1.95. The van der Waals surface area contributed by atoms with E-state index in [0.717, 1.165) is 12.1 Å². The molecule has 0 radical (unpaired) electrons. The first-order valence-corrected chi connectivity index (χ1v) is 3.63. The summed E-state index contributed by atoms with van der Waals surface area (Å²) in [4.78, 5) is 10.9. The molecule has 13 heavy (non-hydrogen) atoms. The molecule has 1 amide bonds. The van der Waals surface area contributed by atoms with Crippen molar-refractivity contribution < 1.29 is 14.3 Å². The van der Waals surface area contributed by atoms with Gasteiger partial charge >= 0.3 is 0 Å². The van der Waals surface area contributed by atoms with Gasteiger partial charge in [-0.1, -0.05) is 11.6 Å². The fraction of sp³-hybridized carbons (Fsp3) is 0. The maximum Gasteiger partial charge on any atom is 0.265 e. The number of phenolic OH excluding ortho intramolecular Hbond substituents is 1. The van der Waals surface area contributed by atoms with Gasteiger partial charge in [-0.05, 0) is 12.1 Å². The number of rotatable bonds is 1. The van der Waals surface area contributed by atoms with E-state index >= 15 is 0 Å². The SMILES string of the molecule is NNC(=O)c1cc(F)c(O)c(Cl)c1. The number of carbonyl (C=O) groups excluding carboxylic acids is 1. The molecular formula is C7H6ClFN2O2. The van der Waals surface area contributed by atoms with Gasteiger partial charge in [0.05, 0.1) is 5.02 Å².